The van der Waals surface area contributed by atoms with E-state index in [4.69, 9.17) is 14.2 Å². The lowest BCUT2D eigenvalue weighted by Crippen LogP contribution is -2.70. The third-order valence-corrected chi connectivity index (χ3v) is 13.4. The quantitative estimate of drug-likeness (QED) is 0.106. The van der Waals surface area contributed by atoms with Crippen LogP contribution in [0.5, 0.6) is 0 Å². The topological polar surface area (TPSA) is 99.1 Å². The van der Waals surface area contributed by atoms with E-state index >= 15 is 4.39 Å². The van der Waals surface area contributed by atoms with Gasteiger partial charge in [0.05, 0.1) is 12.2 Å². The molecule has 1 N–H and O–H groups in total. The highest BCUT2D eigenvalue weighted by Gasteiger charge is 2.80. The normalized spacial score (nSPS) is 36.7. The predicted molar refractivity (Wildman–Crippen MR) is 192 cm³/mol. The van der Waals surface area contributed by atoms with E-state index in [0.717, 1.165) is 19.3 Å². The van der Waals surface area contributed by atoms with Crippen LogP contribution in [-0.4, -0.2) is 58.5 Å². The Hall–Kier alpha value is -1.90. The molecule has 0 radical (unpaired) electrons. The van der Waals surface area contributed by atoms with Crippen LogP contribution < -0.4 is 0 Å². The fourth-order valence-corrected chi connectivity index (χ4v) is 10.8. The molecular formula is C42H65FO7. The number of carbonyl (C=O) groups is 3. The van der Waals surface area contributed by atoms with Gasteiger partial charge in [0.15, 0.2) is 29.4 Å². The number of ether oxygens (including phenoxy) is 3. The van der Waals surface area contributed by atoms with Gasteiger partial charge in [-0.25, -0.2) is 4.39 Å². The summed E-state index contributed by atoms with van der Waals surface area (Å²) in [6, 6.07) is 0. The lowest BCUT2D eigenvalue weighted by atomic mass is 9.44. The van der Waals surface area contributed by atoms with Gasteiger partial charge in [0, 0.05) is 23.2 Å². The number of rotatable bonds is 19. The molecule has 0 spiro atoms. The van der Waals surface area contributed by atoms with Gasteiger partial charge >= 0.3 is 5.97 Å². The molecule has 0 aromatic heterocycles. The zero-order chi connectivity index (χ0) is 36.2. The minimum atomic E-state index is -2.02. The molecule has 1 aliphatic heterocycles. The number of fused-ring (bicyclic) bond motifs is 7. The SMILES string of the molecule is CCCCCCCCCCCCCCCCCC(=O)OCC(=O)[C@@]12OC(C)(C)O[C@@H]1C[C@H]1[C@@H]3CCC4=CC(=O)C=C[C@]4(C)C3(F)[C@@H](O)C[C@@]12C. The van der Waals surface area contributed by atoms with E-state index in [2.05, 4.69) is 6.92 Å². The van der Waals surface area contributed by atoms with E-state index in [9.17, 15) is 19.5 Å². The number of carbonyl (C=O) groups excluding carboxylic acids is 3. The molecule has 0 bridgehead atoms. The lowest BCUT2D eigenvalue weighted by Gasteiger charge is -2.62. The maximum atomic E-state index is 17.6. The summed E-state index contributed by atoms with van der Waals surface area (Å²) in [7, 11) is 0. The van der Waals surface area contributed by atoms with Crippen LogP contribution >= 0.6 is 0 Å². The lowest BCUT2D eigenvalue weighted by molar-refractivity contribution is -0.246. The molecule has 282 valence electrons. The summed E-state index contributed by atoms with van der Waals surface area (Å²) in [5, 5.41) is 11.8. The number of Topliss-reactive ketones (excluding diaryl/α,β-unsaturated/α-hetero) is 1. The molecule has 1 heterocycles. The zero-order valence-electron chi connectivity index (χ0n) is 31.7. The van der Waals surface area contributed by atoms with Crippen LogP contribution in [0.25, 0.3) is 0 Å². The Balaban J connectivity index is 1.10. The van der Waals surface area contributed by atoms with Gasteiger partial charge in [-0.05, 0) is 70.9 Å². The summed E-state index contributed by atoms with van der Waals surface area (Å²) in [6.07, 6.45) is 22.8. The largest absolute Gasteiger partial charge is 0.458 e. The smallest absolute Gasteiger partial charge is 0.306 e. The highest BCUT2D eigenvalue weighted by Crippen LogP contribution is 2.72. The van der Waals surface area contributed by atoms with E-state index in [-0.39, 0.29) is 30.3 Å². The highest BCUT2D eigenvalue weighted by atomic mass is 19.1. The average Bonchev–Trinajstić information content (AvgIpc) is 3.48. The molecule has 50 heavy (non-hydrogen) atoms. The summed E-state index contributed by atoms with van der Waals surface area (Å²) in [5.41, 5.74) is -4.85. The monoisotopic (exact) mass is 700 g/mol. The van der Waals surface area contributed by atoms with Gasteiger partial charge in [0.25, 0.3) is 0 Å². The molecule has 0 aromatic rings. The maximum absolute atomic E-state index is 17.6. The number of unbranched alkanes of at least 4 members (excludes halogenated alkanes) is 14. The number of hydrogen-bond donors (Lipinski definition) is 1. The summed E-state index contributed by atoms with van der Waals surface area (Å²) >= 11 is 0. The molecule has 4 fully saturated rings. The second-order valence-electron chi connectivity index (χ2n) is 17.1. The summed E-state index contributed by atoms with van der Waals surface area (Å²) in [6.45, 7) is 9.06. The molecule has 8 heteroatoms. The van der Waals surface area contributed by atoms with Gasteiger partial charge in [0.1, 0.15) is 0 Å². The Morgan fingerprint density at radius 3 is 2.08 bits per heavy atom. The molecule has 1 saturated heterocycles. The van der Waals surface area contributed by atoms with Crippen LogP contribution in [0.15, 0.2) is 23.8 Å². The van der Waals surface area contributed by atoms with Gasteiger partial charge in [-0.1, -0.05) is 115 Å². The second-order valence-corrected chi connectivity index (χ2v) is 17.1. The first-order chi connectivity index (χ1) is 23.7. The number of esters is 1. The standard InChI is InChI=1S/C42H65FO7/c1-6-7-8-9-10-11-12-13-14-15-16-17-18-19-20-21-37(47)48-29-35(46)42-36(49-38(2,3)50-42)27-33-32-23-22-30-26-31(44)24-25-39(30,4)41(32,43)34(45)28-40(33,42)5/h24-26,32-34,36,45H,6-23,27-29H2,1-5H3/t32-,33-,34-,36+,39-,40-,41?,42+/m0/s1. The second kappa shape index (κ2) is 16.0. The Morgan fingerprint density at radius 2 is 1.48 bits per heavy atom. The third-order valence-electron chi connectivity index (χ3n) is 13.4. The summed E-state index contributed by atoms with van der Waals surface area (Å²) in [4.78, 5) is 39.2. The fraction of sp³-hybridized carbons (Fsp3) is 0.833. The van der Waals surface area contributed by atoms with Gasteiger partial charge in [-0.3, -0.25) is 14.4 Å². The van der Waals surface area contributed by atoms with Crippen molar-refractivity contribution in [3.05, 3.63) is 23.8 Å². The molecule has 0 amide bonds. The van der Waals surface area contributed by atoms with Crippen LogP contribution in [0, 0.1) is 22.7 Å². The molecule has 7 nitrogen and oxygen atoms in total. The first-order valence-corrected chi connectivity index (χ1v) is 20.1. The predicted octanol–water partition coefficient (Wildman–Crippen LogP) is 9.23. The zero-order valence-corrected chi connectivity index (χ0v) is 31.7. The Morgan fingerprint density at radius 1 is 0.900 bits per heavy atom. The van der Waals surface area contributed by atoms with Crippen molar-refractivity contribution in [3.63, 3.8) is 0 Å². The van der Waals surface area contributed by atoms with Gasteiger partial charge in [0.2, 0.25) is 5.78 Å². The van der Waals surface area contributed by atoms with E-state index < -0.39 is 58.6 Å². The molecule has 1 unspecified atom stereocenters. The van der Waals surface area contributed by atoms with Crippen molar-refractivity contribution in [1.82, 2.24) is 0 Å². The molecule has 5 aliphatic rings. The number of ketones is 2. The van der Waals surface area contributed by atoms with Crippen LogP contribution in [0.1, 0.15) is 163 Å². The number of halogens is 1. The van der Waals surface area contributed by atoms with E-state index in [1.807, 2.05) is 6.92 Å². The van der Waals surface area contributed by atoms with E-state index in [0.29, 0.717) is 24.8 Å². The minimum absolute atomic E-state index is 0.00985. The number of allylic oxidation sites excluding steroid dienone is 4. The molecule has 0 aromatic carbocycles. The summed E-state index contributed by atoms with van der Waals surface area (Å²) in [5.74, 6) is -2.90. The molecule has 4 aliphatic carbocycles. The van der Waals surface area contributed by atoms with Crippen molar-refractivity contribution in [2.75, 3.05) is 6.61 Å². The Kier molecular flexibility index (Phi) is 12.6. The Labute approximate surface area is 300 Å². The fourth-order valence-electron chi connectivity index (χ4n) is 10.8. The van der Waals surface area contributed by atoms with Gasteiger partial charge in [-0.15, -0.1) is 0 Å². The van der Waals surface area contributed by atoms with Crippen LogP contribution in [0.4, 0.5) is 4.39 Å². The number of aliphatic hydroxyl groups is 1. The van der Waals surface area contributed by atoms with E-state index in [1.54, 1.807) is 26.8 Å². The van der Waals surface area contributed by atoms with Crippen molar-refractivity contribution in [1.29, 1.82) is 0 Å². The highest BCUT2D eigenvalue weighted by molar-refractivity contribution is 6.01. The molecular weight excluding hydrogens is 635 g/mol. The van der Waals surface area contributed by atoms with Crippen molar-refractivity contribution < 1.29 is 38.1 Å². The number of hydrogen-bond acceptors (Lipinski definition) is 7. The van der Waals surface area contributed by atoms with Crippen LogP contribution in [0.3, 0.4) is 0 Å². The van der Waals surface area contributed by atoms with Crippen molar-refractivity contribution in [2.24, 2.45) is 22.7 Å². The average molecular weight is 701 g/mol. The number of alkyl halides is 1. The third kappa shape index (κ3) is 7.33. The summed E-state index contributed by atoms with van der Waals surface area (Å²) < 4.78 is 36.1. The first kappa shape index (κ1) is 39.3. The first-order valence-electron chi connectivity index (χ1n) is 20.1. The minimum Gasteiger partial charge on any atom is -0.458 e. The van der Waals surface area contributed by atoms with Crippen molar-refractivity contribution in [3.8, 4) is 0 Å². The van der Waals surface area contributed by atoms with Crippen molar-refractivity contribution in [2.45, 2.75) is 192 Å². The van der Waals surface area contributed by atoms with Gasteiger partial charge < -0.3 is 19.3 Å². The molecule has 5 rings (SSSR count). The van der Waals surface area contributed by atoms with Crippen LogP contribution in [-0.2, 0) is 28.6 Å². The molecule has 8 atom stereocenters. The van der Waals surface area contributed by atoms with Crippen molar-refractivity contribution >= 4 is 17.5 Å². The van der Waals surface area contributed by atoms with Gasteiger partial charge in [-0.2, -0.15) is 0 Å². The molecule has 3 saturated carbocycles. The van der Waals surface area contributed by atoms with Crippen LogP contribution in [0.2, 0.25) is 0 Å². The number of aliphatic hydroxyl groups excluding tert-OH is 1. The maximum Gasteiger partial charge on any atom is 0.306 e. The Bertz CT molecular complexity index is 1290. The van der Waals surface area contributed by atoms with E-state index in [1.165, 1.54) is 89.2 Å².